The lowest BCUT2D eigenvalue weighted by molar-refractivity contribution is 0.519. The van der Waals surface area contributed by atoms with E-state index in [4.69, 9.17) is 0 Å². The molecule has 76 valence electrons. The minimum absolute atomic E-state index is 0.202. The van der Waals surface area contributed by atoms with Crippen LogP contribution < -0.4 is 5.32 Å². The fraction of sp³-hybridized carbons (Fsp3) is 0.600. The van der Waals surface area contributed by atoms with Gasteiger partial charge >= 0.3 is 0 Å². The SMILES string of the molecule is CC(C)CCC1N=Cc2[nH]cnc2N1. The Morgan fingerprint density at radius 3 is 3.14 bits per heavy atom. The van der Waals surface area contributed by atoms with E-state index >= 15 is 0 Å². The van der Waals surface area contributed by atoms with Gasteiger partial charge in [-0.15, -0.1) is 0 Å². The molecule has 2 rings (SSSR count). The van der Waals surface area contributed by atoms with Gasteiger partial charge in [0.2, 0.25) is 0 Å². The molecule has 14 heavy (non-hydrogen) atoms. The van der Waals surface area contributed by atoms with Crippen molar-refractivity contribution in [3.63, 3.8) is 0 Å². The molecule has 0 saturated carbocycles. The molecule has 0 bridgehead atoms. The maximum atomic E-state index is 4.41. The van der Waals surface area contributed by atoms with Crippen molar-refractivity contribution in [3.05, 3.63) is 12.0 Å². The first kappa shape index (κ1) is 9.24. The predicted octanol–water partition coefficient (Wildman–Crippen LogP) is 2.02. The zero-order valence-corrected chi connectivity index (χ0v) is 8.62. The van der Waals surface area contributed by atoms with Crippen LogP contribution in [-0.4, -0.2) is 22.3 Å². The third kappa shape index (κ3) is 1.95. The molecule has 0 saturated heterocycles. The summed E-state index contributed by atoms with van der Waals surface area (Å²) in [6.45, 7) is 4.46. The number of fused-ring (bicyclic) bond motifs is 1. The van der Waals surface area contributed by atoms with E-state index in [1.807, 2.05) is 6.21 Å². The summed E-state index contributed by atoms with van der Waals surface area (Å²) < 4.78 is 0. The van der Waals surface area contributed by atoms with Gasteiger partial charge in [0.15, 0.2) is 5.82 Å². The lowest BCUT2D eigenvalue weighted by atomic mass is 10.1. The van der Waals surface area contributed by atoms with Crippen LogP contribution in [0.4, 0.5) is 5.82 Å². The number of nitrogens with zero attached hydrogens (tertiary/aromatic N) is 2. The van der Waals surface area contributed by atoms with E-state index < -0.39 is 0 Å². The summed E-state index contributed by atoms with van der Waals surface area (Å²) in [5.74, 6) is 1.65. The molecule has 2 heterocycles. The molecule has 1 unspecified atom stereocenters. The smallest absolute Gasteiger partial charge is 0.154 e. The molecule has 0 aromatic carbocycles. The van der Waals surface area contributed by atoms with Crippen LogP contribution in [0.2, 0.25) is 0 Å². The second-order valence-electron chi connectivity index (χ2n) is 4.07. The topological polar surface area (TPSA) is 53.1 Å². The number of aliphatic imine (C=N–C) groups is 1. The molecule has 0 amide bonds. The van der Waals surface area contributed by atoms with Gasteiger partial charge in [0.25, 0.3) is 0 Å². The Kier molecular flexibility index (Phi) is 2.52. The average molecular weight is 192 g/mol. The number of hydrogen-bond acceptors (Lipinski definition) is 3. The maximum Gasteiger partial charge on any atom is 0.154 e. The van der Waals surface area contributed by atoms with Gasteiger partial charge in [-0.1, -0.05) is 13.8 Å². The van der Waals surface area contributed by atoms with Crippen molar-refractivity contribution in [2.75, 3.05) is 5.32 Å². The van der Waals surface area contributed by atoms with Crippen molar-refractivity contribution in [1.82, 2.24) is 9.97 Å². The van der Waals surface area contributed by atoms with Gasteiger partial charge in [0.05, 0.1) is 12.5 Å². The van der Waals surface area contributed by atoms with Gasteiger partial charge in [0, 0.05) is 0 Å². The van der Waals surface area contributed by atoms with Gasteiger partial charge < -0.3 is 10.3 Å². The summed E-state index contributed by atoms with van der Waals surface area (Å²) in [6.07, 6.45) is 6.02. The fourth-order valence-corrected chi connectivity index (χ4v) is 1.52. The molecule has 0 radical (unpaired) electrons. The van der Waals surface area contributed by atoms with Crippen molar-refractivity contribution in [1.29, 1.82) is 0 Å². The Hall–Kier alpha value is -1.32. The molecule has 0 fully saturated rings. The molecular formula is C10H16N4. The predicted molar refractivity (Wildman–Crippen MR) is 57.7 cm³/mol. The van der Waals surface area contributed by atoms with E-state index in [2.05, 4.69) is 34.1 Å². The first-order valence-corrected chi connectivity index (χ1v) is 5.09. The van der Waals surface area contributed by atoms with Crippen LogP contribution in [0.15, 0.2) is 11.3 Å². The van der Waals surface area contributed by atoms with E-state index in [-0.39, 0.29) is 6.17 Å². The summed E-state index contributed by atoms with van der Waals surface area (Å²) in [7, 11) is 0. The highest BCUT2D eigenvalue weighted by molar-refractivity contribution is 5.85. The number of aromatic amines is 1. The van der Waals surface area contributed by atoms with E-state index in [0.29, 0.717) is 0 Å². The highest BCUT2D eigenvalue weighted by atomic mass is 15.2. The standard InChI is InChI=1S/C10H16N4/c1-7(2)3-4-9-11-5-8-10(14-9)13-6-12-8/h5-7,9,14H,3-4H2,1-2H3,(H,12,13). The van der Waals surface area contributed by atoms with Gasteiger partial charge in [-0.3, -0.25) is 4.99 Å². The maximum absolute atomic E-state index is 4.41. The fourth-order valence-electron chi connectivity index (χ4n) is 1.52. The molecule has 1 aromatic heterocycles. The van der Waals surface area contributed by atoms with E-state index in [1.165, 1.54) is 6.42 Å². The van der Waals surface area contributed by atoms with Crippen molar-refractivity contribution < 1.29 is 0 Å². The van der Waals surface area contributed by atoms with Crippen LogP contribution in [0, 0.1) is 5.92 Å². The Labute approximate surface area is 83.9 Å². The lowest BCUT2D eigenvalue weighted by Gasteiger charge is -2.18. The Balaban J connectivity index is 1.94. The van der Waals surface area contributed by atoms with E-state index in [1.54, 1.807) is 6.33 Å². The molecule has 2 N–H and O–H groups in total. The first-order valence-electron chi connectivity index (χ1n) is 5.09. The number of imidazole rings is 1. The monoisotopic (exact) mass is 192 g/mol. The number of rotatable bonds is 3. The normalized spacial score (nSPS) is 19.5. The molecule has 4 heteroatoms. The molecule has 0 spiro atoms. The van der Waals surface area contributed by atoms with Crippen molar-refractivity contribution in [2.24, 2.45) is 10.9 Å². The average Bonchev–Trinajstić information content (AvgIpc) is 2.61. The van der Waals surface area contributed by atoms with Gasteiger partial charge in [-0.2, -0.15) is 0 Å². The molecule has 0 aliphatic carbocycles. The first-order chi connectivity index (χ1) is 6.75. The summed E-state index contributed by atoms with van der Waals surface area (Å²) in [4.78, 5) is 11.6. The van der Waals surface area contributed by atoms with Crippen molar-refractivity contribution in [3.8, 4) is 0 Å². The minimum atomic E-state index is 0.202. The van der Waals surface area contributed by atoms with E-state index in [9.17, 15) is 0 Å². The largest absolute Gasteiger partial charge is 0.347 e. The third-order valence-corrected chi connectivity index (χ3v) is 2.37. The number of hydrogen-bond donors (Lipinski definition) is 2. The quantitative estimate of drug-likeness (QED) is 0.769. The van der Waals surface area contributed by atoms with Crippen molar-refractivity contribution in [2.45, 2.75) is 32.9 Å². The second-order valence-corrected chi connectivity index (χ2v) is 4.07. The number of H-pyrrole nitrogens is 1. The Morgan fingerprint density at radius 2 is 2.36 bits per heavy atom. The van der Waals surface area contributed by atoms with Crippen LogP contribution in [0.25, 0.3) is 0 Å². The van der Waals surface area contributed by atoms with Crippen LogP contribution >= 0.6 is 0 Å². The summed E-state index contributed by atoms with van der Waals surface area (Å²) >= 11 is 0. The minimum Gasteiger partial charge on any atom is -0.347 e. The molecule has 1 aromatic rings. The molecule has 4 nitrogen and oxygen atoms in total. The van der Waals surface area contributed by atoms with Crippen molar-refractivity contribution >= 4 is 12.0 Å². The van der Waals surface area contributed by atoms with E-state index in [0.717, 1.165) is 23.9 Å². The molecular weight excluding hydrogens is 176 g/mol. The van der Waals surface area contributed by atoms with Crippen LogP contribution in [-0.2, 0) is 0 Å². The highest BCUT2D eigenvalue weighted by Gasteiger charge is 2.15. The van der Waals surface area contributed by atoms with Crippen LogP contribution in [0.5, 0.6) is 0 Å². The highest BCUT2D eigenvalue weighted by Crippen LogP contribution is 2.17. The number of nitrogens with one attached hydrogen (secondary N) is 2. The van der Waals surface area contributed by atoms with Gasteiger partial charge in [-0.05, 0) is 18.8 Å². The van der Waals surface area contributed by atoms with Gasteiger partial charge in [0.1, 0.15) is 11.9 Å². The zero-order valence-electron chi connectivity index (χ0n) is 8.62. The van der Waals surface area contributed by atoms with Gasteiger partial charge in [-0.25, -0.2) is 4.98 Å². The molecule has 1 aliphatic heterocycles. The van der Waals surface area contributed by atoms with Crippen LogP contribution in [0.1, 0.15) is 32.4 Å². The molecule has 1 atom stereocenters. The summed E-state index contributed by atoms with van der Waals surface area (Å²) in [5.41, 5.74) is 0.978. The Bertz CT molecular complexity index is 327. The van der Waals surface area contributed by atoms with Crippen LogP contribution in [0.3, 0.4) is 0 Å². The summed E-state index contributed by atoms with van der Waals surface area (Å²) in [5, 5.41) is 3.29. The summed E-state index contributed by atoms with van der Waals surface area (Å²) in [6, 6.07) is 0. The lowest BCUT2D eigenvalue weighted by Crippen LogP contribution is -2.22. The number of anilines is 1. The zero-order chi connectivity index (χ0) is 9.97. The second kappa shape index (κ2) is 3.82. The number of aromatic nitrogens is 2. The Morgan fingerprint density at radius 1 is 1.50 bits per heavy atom. The third-order valence-electron chi connectivity index (χ3n) is 2.37. The molecule has 1 aliphatic rings.